The number of aryl methyl sites for hydroxylation is 2. The van der Waals surface area contributed by atoms with Crippen LogP contribution in [0.5, 0.6) is 0 Å². The first-order valence-corrected chi connectivity index (χ1v) is 10.9. The zero-order chi connectivity index (χ0) is 21.4. The topological polar surface area (TPSA) is 51.0 Å². The lowest BCUT2D eigenvalue weighted by molar-refractivity contribution is 0.0787. The normalized spacial score (nSPS) is 11.4. The minimum atomic E-state index is -0.0274. The van der Waals surface area contributed by atoms with E-state index in [4.69, 9.17) is 4.98 Å². The molecule has 0 fully saturated rings. The fourth-order valence-electron chi connectivity index (χ4n) is 3.73. The third kappa shape index (κ3) is 3.75. The van der Waals surface area contributed by atoms with Crippen LogP contribution in [0.25, 0.3) is 22.3 Å². The Kier molecular flexibility index (Phi) is 5.43. The van der Waals surface area contributed by atoms with Crippen molar-refractivity contribution in [1.82, 2.24) is 19.7 Å². The van der Waals surface area contributed by atoms with Crippen LogP contribution in [0.2, 0.25) is 0 Å². The van der Waals surface area contributed by atoms with Gasteiger partial charge in [-0.2, -0.15) is 5.10 Å². The average molecular weight is 419 g/mol. The molecule has 0 unspecified atom stereocenters. The van der Waals surface area contributed by atoms with E-state index < -0.39 is 0 Å². The Morgan fingerprint density at radius 1 is 1.17 bits per heavy atom. The Labute approximate surface area is 181 Å². The molecule has 0 aliphatic heterocycles. The van der Waals surface area contributed by atoms with Crippen molar-refractivity contribution in [3.05, 3.63) is 69.5 Å². The molecule has 4 aromatic rings. The first-order valence-electron chi connectivity index (χ1n) is 10.1. The Morgan fingerprint density at radius 3 is 2.53 bits per heavy atom. The van der Waals surface area contributed by atoms with Crippen molar-refractivity contribution in [3.8, 4) is 11.3 Å². The molecule has 0 saturated carbocycles. The molecule has 0 aliphatic carbocycles. The molecule has 4 rings (SSSR count). The third-order valence-corrected chi connectivity index (χ3v) is 6.18. The van der Waals surface area contributed by atoms with Gasteiger partial charge in [-0.1, -0.05) is 30.3 Å². The fraction of sp³-hybridized carbons (Fsp3) is 0.292. The second-order valence-corrected chi connectivity index (χ2v) is 9.41. The molecule has 154 valence electrons. The molecule has 1 aromatic carbocycles. The van der Waals surface area contributed by atoms with Crippen LogP contribution in [-0.4, -0.2) is 32.6 Å². The van der Waals surface area contributed by atoms with Gasteiger partial charge in [-0.25, -0.2) is 9.67 Å². The highest BCUT2D eigenvalue weighted by atomic mass is 32.1. The van der Waals surface area contributed by atoms with E-state index in [1.165, 1.54) is 9.75 Å². The molecular formula is C24H26N4OS. The fourth-order valence-corrected chi connectivity index (χ4v) is 4.66. The highest BCUT2D eigenvalue weighted by Crippen LogP contribution is 2.33. The van der Waals surface area contributed by atoms with E-state index in [0.29, 0.717) is 12.1 Å². The van der Waals surface area contributed by atoms with Crippen LogP contribution in [0.1, 0.15) is 45.6 Å². The van der Waals surface area contributed by atoms with Crippen molar-refractivity contribution >= 4 is 28.3 Å². The van der Waals surface area contributed by atoms with Gasteiger partial charge in [0, 0.05) is 35.0 Å². The number of thiophene rings is 1. The van der Waals surface area contributed by atoms with Gasteiger partial charge < -0.3 is 4.90 Å². The molecule has 0 radical (unpaired) electrons. The molecular weight excluding hydrogens is 392 g/mol. The molecule has 0 N–H and O–H groups in total. The van der Waals surface area contributed by atoms with Gasteiger partial charge in [-0.15, -0.1) is 11.3 Å². The lowest BCUT2D eigenvalue weighted by Gasteiger charge is -2.18. The quantitative estimate of drug-likeness (QED) is 0.422. The number of hydrogen-bond donors (Lipinski definition) is 0. The van der Waals surface area contributed by atoms with E-state index in [-0.39, 0.29) is 11.9 Å². The van der Waals surface area contributed by atoms with Crippen LogP contribution < -0.4 is 0 Å². The minimum Gasteiger partial charge on any atom is -0.337 e. The number of fused-ring (bicyclic) bond motifs is 1. The summed E-state index contributed by atoms with van der Waals surface area (Å²) in [6.45, 7) is 8.89. The van der Waals surface area contributed by atoms with Gasteiger partial charge in [0.25, 0.3) is 5.91 Å². The van der Waals surface area contributed by atoms with Gasteiger partial charge in [-0.05, 0) is 45.4 Å². The molecule has 0 spiro atoms. The molecule has 30 heavy (non-hydrogen) atoms. The molecule has 5 nitrogen and oxygen atoms in total. The van der Waals surface area contributed by atoms with Crippen molar-refractivity contribution < 1.29 is 4.79 Å². The SMILES string of the molecule is Cc1cc(-c2cc(C(=O)N(C)Cc3ccccc3)c3cnn(C(C)C)c3n2)c(C)s1. The zero-order valence-electron chi connectivity index (χ0n) is 18.0. The van der Waals surface area contributed by atoms with E-state index in [2.05, 4.69) is 38.9 Å². The molecule has 1 amide bonds. The summed E-state index contributed by atoms with van der Waals surface area (Å²) in [5.41, 5.74) is 4.39. The first kappa shape index (κ1) is 20.3. The van der Waals surface area contributed by atoms with Crippen LogP contribution in [0.4, 0.5) is 0 Å². The van der Waals surface area contributed by atoms with Crippen LogP contribution in [-0.2, 0) is 6.54 Å². The summed E-state index contributed by atoms with van der Waals surface area (Å²) >= 11 is 1.75. The maximum Gasteiger partial charge on any atom is 0.254 e. The monoisotopic (exact) mass is 418 g/mol. The molecule has 0 saturated heterocycles. The summed E-state index contributed by atoms with van der Waals surface area (Å²) in [4.78, 5) is 22.6. The van der Waals surface area contributed by atoms with E-state index in [1.54, 1.807) is 22.4 Å². The van der Waals surface area contributed by atoms with Gasteiger partial charge in [0.15, 0.2) is 5.65 Å². The van der Waals surface area contributed by atoms with Crippen molar-refractivity contribution in [2.24, 2.45) is 0 Å². The van der Waals surface area contributed by atoms with Crippen LogP contribution in [0.15, 0.2) is 48.7 Å². The molecule has 0 bridgehead atoms. The molecule has 0 aliphatic rings. The van der Waals surface area contributed by atoms with Crippen LogP contribution in [0, 0.1) is 13.8 Å². The van der Waals surface area contributed by atoms with Gasteiger partial charge in [0.2, 0.25) is 0 Å². The molecule has 3 aromatic heterocycles. The Hall–Kier alpha value is -2.99. The summed E-state index contributed by atoms with van der Waals surface area (Å²) in [6, 6.07) is 14.3. The van der Waals surface area contributed by atoms with Gasteiger partial charge in [0.1, 0.15) is 0 Å². The van der Waals surface area contributed by atoms with Crippen molar-refractivity contribution in [2.45, 2.75) is 40.3 Å². The smallest absolute Gasteiger partial charge is 0.254 e. The Bertz CT molecular complexity index is 1210. The lowest BCUT2D eigenvalue weighted by atomic mass is 10.1. The van der Waals surface area contributed by atoms with E-state index >= 15 is 0 Å². The van der Waals surface area contributed by atoms with Crippen molar-refractivity contribution in [3.63, 3.8) is 0 Å². The number of rotatable bonds is 5. The summed E-state index contributed by atoms with van der Waals surface area (Å²) in [6.07, 6.45) is 1.77. The summed E-state index contributed by atoms with van der Waals surface area (Å²) in [5.74, 6) is -0.0274. The second-order valence-electron chi connectivity index (χ2n) is 7.95. The van der Waals surface area contributed by atoms with Crippen molar-refractivity contribution in [2.75, 3.05) is 7.05 Å². The number of aromatic nitrogens is 3. The highest BCUT2D eigenvalue weighted by Gasteiger charge is 2.22. The van der Waals surface area contributed by atoms with Crippen LogP contribution in [0.3, 0.4) is 0 Å². The second kappa shape index (κ2) is 8.03. The Balaban J connectivity index is 1.83. The number of benzene rings is 1. The number of carbonyl (C=O) groups is 1. The maximum absolute atomic E-state index is 13.5. The predicted molar refractivity (Wildman–Crippen MR) is 123 cm³/mol. The Morgan fingerprint density at radius 2 is 1.90 bits per heavy atom. The number of nitrogens with zero attached hydrogens (tertiary/aromatic N) is 4. The van der Waals surface area contributed by atoms with Gasteiger partial charge in [-0.3, -0.25) is 4.79 Å². The third-order valence-electron chi connectivity index (χ3n) is 5.21. The van der Waals surface area contributed by atoms with Crippen LogP contribution >= 0.6 is 11.3 Å². The van der Waals surface area contributed by atoms with Crippen molar-refractivity contribution in [1.29, 1.82) is 0 Å². The molecule has 3 heterocycles. The number of hydrogen-bond acceptors (Lipinski definition) is 4. The summed E-state index contributed by atoms with van der Waals surface area (Å²) in [7, 11) is 1.84. The first-order chi connectivity index (χ1) is 14.3. The largest absolute Gasteiger partial charge is 0.337 e. The number of carbonyl (C=O) groups excluding carboxylic acids is 1. The van der Waals surface area contributed by atoms with Gasteiger partial charge in [0.05, 0.1) is 22.8 Å². The highest BCUT2D eigenvalue weighted by molar-refractivity contribution is 7.12. The lowest BCUT2D eigenvalue weighted by Crippen LogP contribution is -2.26. The summed E-state index contributed by atoms with van der Waals surface area (Å²) < 4.78 is 1.89. The average Bonchev–Trinajstić information content (AvgIpc) is 3.30. The molecule has 6 heteroatoms. The number of amides is 1. The summed E-state index contributed by atoms with van der Waals surface area (Å²) in [5, 5.41) is 5.32. The minimum absolute atomic E-state index is 0.0274. The van der Waals surface area contributed by atoms with E-state index in [1.807, 2.05) is 48.1 Å². The number of pyridine rings is 1. The van der Waals surface area contributed by atoms with E-state index in [0.717, 1.165) is 27.9 Å². The standard InChI is InChI=1S/C24H26N4OS/c1-15(2)28-23-21(13-25-28)20(12-22(26-23)19-11-16(3)30-17(19)4)24(29)27(5)14-18-9-7-6-8-10-18/h6-13,15H,14H2,1-5H3. The van der Waals surface area contributed by atoms with E-state index in [9.17, 15) is 4.79 Å². The zero-order valence-corrected chi connectivity index (χ0v) is 18.8. The predicted octanol–water partition coefficient (Wildman–Crippen LogP) is 5.63. The maximum atomic E-state index is 13.5. The van der Waals surface area contributed by atoms with Gasteiger partial charge >= 0.3 is 0 Å². The molecule has 0 atom stereocenters.